The number of thiazole rings is 1. The Morgan fingerprint density at radius 1 is 1.43 bits per heavy atom. The Labute approximate surface area is 87.6 Å². The van der Waals surface area contributed by atoms with E-state index >= 15 is 0 Å². The summed E-state index contributed by atoms with van der Waals surface area (Å²) in [6.07, 6.45) is 2.79. The molecule has 0 saturated heterocycles. The van der Waals surface area contributed by atoms with Crippen LogP contribution in [0.3, 0.4) is 0 Å². The van der Waals surface area contributed by atoms with Gasteiger partial charge in [-0.05, 0) is 18.1 Å². The van der Waals surface area contributed by atoms with E-state index in [1.807, 2.05) is 29.8 Å². The van der Waals surface area contributed by atoms with E-state index in [1.54, 1.807) is 11.3 Å². The molecule has 2 rings (SSSR count). The van der Waals surface area contributed by atoms with E-state index in [1.165, 1.54) is 5.56 Å². The molecule has 1 aromatic heterocycles. The second-order valence-electron chi connectivity index (χ2n) is 2.90. The van der Waals surface area contributed by atoms with Crippen LogP contribution in [0.25, 0.3) is 0 Å². The molecular weight excluding hydrogens is 192 g/mol. The molecule has 1 aromatic carbocycles. The van der Waals surface area contributed by atoms with Crippen LogP contribution in [0.15, 0.2) is 35.8 Å². The van der Waals surface area contributed by atoms with Crippen molar-refractivity contribution in [1.29, 1.82) is 0 Å². The summed E-state index contributed by atoms with van der Waals surface area (Å²) in [4.78, 5) is 4.14. The predicted molar refractivity (Wildman–Crippen MR) is 59.6 cm³/mol. The lowest BCUT2D eigenvalue weighted by atomic mass is 10.2. The highest BCUT2D eigenvalue weighted by Gasteiger charge is 1.94. The third-order valence-electron chi connectivity index (χ3n) is 1.88. The molecule has 14 heavy (non-hydrogen) atoms. The average molecular weight is 203 g/mol. The molecule has 0 spiro atoms. The molecule has 1 N–H and O–H groups in total. The van der Waals surface area contributed by atoms with Gasteiger partial charge < -0.3 is 5.32 Å². The third-order valence-corrected chi connectivity index (χ3v) is 2.61. The maximum absolute atomic E-state index is 4.14. The minimum atomic E-state index is 0.911. The summed E-state index contributed by atoms with van der Waals surface area (Å²) in [6, 6.07) is 11.2. The largest absolute Gasteiger partial charge is 0.361 e. The lowest BCUT2D eigenvalue weighted by Gasteiger charge is -2.01. The van der Waals surface area contributed by atoms with Gasteiger partial charge >= 0.3 is 0 Å². The number of nitrogens with one attached hydrogen (secondary N) is 1. The van der Waals surface area contributed by atoms with Crippen molar-refractivity contribution >= 4 is 16.5 Å². The molecule has 0 saturated carbocycles. The second kappa shape index (κ2) is 4.77. The van der Waals surface area contributed by atoms with Crippen LogP contribution >= 0.6 is 11.3 Å². The fourth-order valence-corrected chi connectivity index (χ4v) is 1.76. The lowest BCUT2D eigenvalue weighted by Crippen LogP contribution is -2.04. The van der Waals surface area contributed by atoms with E-state index in [0.717, 1.165) is 18.1 Å². The van der Waals surface area contributed by atoms with Gasteiger partial charge in [-0.25, -0.2) is 4.98 Å². The van der Waals surface area contributed by atoms with Crippen LogP contribution in [-0.2, 0) is 6.42 Å². The molecule has 1 heterocycles. The number of aromatic nitrogens is 1. The van der Waals surface area contributed by atoms with Crippen LogP contribution in [0.1, 0.15) is 5.56 Å². The first-order valence-electron chi connectivity index (χ1n) is 4.54. The summed E-state index contributed by atoms with van der Waals surface area (Å²) >= 11 is 1.63. The molecule has 1 radical (unpaired) electrons. The van der Waals surface area contributed by atoms with Crippen LogP contribution in [0.5, 0.6) is 0 Å². The van der Waals surface area contributed by atoms with Crippen molar-refractivity contribution in [2.75, 3.05) is 11.9 Å². The Morgan fingerprint density at radius 3 is 3.14 bits per heavy atom. The quantitative estimate of drug-likeness (QED) is 0.826. The Balaban J connectivity index is 1.79. The van der Waals surface area contributed by atoms with E-state index in [9.17, 15) is 0 Å². The smallest absolute Gasteiger partial charge is 0.182 e. The summed E-state index contributed by atoms with van der Waals surface area (Å²) in [5.74, 6) is 0. The molecule has 3 heteroatoms. The first-order valence-corrected chi connectivity index (χ1v) is 5.42. The van der Waals surface area contributed by atoms with Gasteiger partial charge in [-0.15, -0.1) is 11.3 Å². The molecule has 0 amide bonds. The van der Waals surface area contributed by atoms with Gasteiger partial charge in [0, 0.05) is 18.1 Å². The number of benzene rings is 1. The number of hydrogen-bond acceptors (Lipinski definition) is 3. The summed E-state index contributed by atoms with van der Waals surface area (Å²) in [5.41, 5.74) is 1.23. The van der Waals surface area contributed by atoms with Crippen LogP contribution in [-0.4, -0.2) is 11.5 Å². The lowest BCUT2D eigenvalue weighted by molar-refractivity contribution is 1.01. The molecule has 0 unspecified atom stereocenters. The van der Waals surface area contributed by atoms with Crippen molar-refractivity contribution in [3.63, 3.8) is 0 Å². The summed E-state index contributed by atoms with van der Waals surface area (Å²) in [7, 11) is 0. The standard InChI is InChI=1S/C11H11N2S/c1-2-4-10(5-3-1)6-7-12-11-13-8-9-14-11/h1-4,8-9H,6-7H2,(H,12,13). The zero-order chi connectivity index (χ0) is 9.64. The number of hydrogen-bond donors (Lipinski definition) is 1. The predicted octanol–water partition coefficient (Wildman–Crippen LogP) is 2.60. The van der Waals surface area contributed by atoms with E-state index in [2.05, 4.69) is 22.4 Å². The number of rotatable bonds is 4. The molecular formula is C11H11N2S. The van der Waals surface area contributed by atoms with Gasteiger partial charge in [0.2, 0.25) is 0 Å². The van der Waals surface area contributed by atoms with Crippen molar-refractivity contribution in [2.24, 2.45) is 0 Å². The number of anilines is 1. The van der Waals surface area contributed by atoms with Gasteiger partial charge in [-0.2, -0.15) is 0 Å². The van der Waals surface area contributed by atoms with Crippen LogP contribution in [0.4, 0.5) is 5.13 Å². The fraction of sp³-hybridized carbons (Fsp3) is 0.182. The van der Waals surface area contributed by atoms with Crippen LogP contribution in [0, 0.1) is 6.07 Å². The second-order valence-corrected chi connectivity index (χ2v) is 3.80. The van der Waals surface area contributed by atoms with Crippen molar-refractivity contribution in [3.05, 3.63) is 47.5 Å². The first kappa shape index (κ1) is 9.21. The Bertz CT molecular complexity index is 356. The Morgan fingerprint density at radius 2 is 2.43 bits per heavy atom. The highest BCUT2D eigenvalue weighted by molar-refractivity contribution is 7.13. The van der Waals surface area contributed by atoms with E-state index < -0.39 is 0 Å². The van der Waals surface area contributed by atoms with Gasteiger partial charge in [0.25, 0.3) is 0 Å². The average Bonchev–Trinajstić information content (AvgIpc) is 2.72. The highest BCUT2D eigenvalue weighted by atomic mass is 32.1. The van der Waals surface area contributed by atoms with E-state index in [4.69, 9.17) is 0 Å². The summed E-state index contributed by atoms with van der Waals surface area (Å²) in [5, 5.41) is 6.22. The maximum Gasteiger partial charge on any atom is 0.182 e. The van der Waals surface area contributed by atoms with Crippen LogP contribution < -0.4 is 5.32 Å². The topological polar surface area (TPSA) is 24.9 Å². The summed E-state index contributed by atoms with van der Waals surface area (Å²) in [6.45, 7) is 0.911. The molecule has 0 aliphatic carbocycles. The molecule has 71 valence electrons. The summed E-state index contributed by atoms with van der Waals surface area (Å²) < 4.78 is 0. The monoisotopic (exact) mass is 203 g/mol. The molecule has 2 aromatic rings. The van der Waals surface area contributed by atoms with Gasteiger partial charge in [-0.3, -0.25) is 0 Å². The normalized spacial score (nSPS) is 10.0. The Hall–Kier alpha value is -1.35. The first-order chi connectivity index (χ1) is 6.95. The number of nitrogens with zero attached hydrogens (tertiary/aromatic N) is 1. The van der Waals surface area contributed by atoms with Gasteiger partial charge in [-0.1, -0.05) is 24.3 Å². The van der Waals surface area contributed by atoms with Crippen molar-refractivity contribution in [3.8, 4) is 0 Å². The Kier molecular flexibility index (Phi) is 3.14. The minimum Gasteiger partial charge on any atom is -0.361 e. The van der Waals surface area contributed by atoms with E-state index in [0.29, 0.717) is 0 Å². The molecule has 0 aliphatic heterocycles. The van der Waals surface area contributed by atoms with Crippen molar-refractivity contribution in [2.45, 2.75) is 6.42 Å². The SMILES string of the molecule is [c]1ccccc1CCNc1nccs1. The van der Waals surface area contributed by atoms with E-state index in [-0.39, 0.29) is 0 Å². The zero-order valence-corrected chi connectivity index (χ0v) is 8.55. The van der Waals surface area contributed by atoms with Gasteiger partial charge in [0.1, 0.15) is 0 Å². The maximum atomic E-state index is 4.14. The third kappa shape index (κ3) is 2.57. The van der Waals surface area contributed by atoms with Crippen molar-refractivity contribution < 1.29 is 0 Å². The van der Waals surface area contributed by atoms with Gasteiger partial charge in [0.15, 0.2) is 5.13 Å². The van der Waals surface area contributed by atoms with Crippen LogP contribution in [0.2, 0.25) is 0 Å². The molecule has 0 aliphatic rings. The molecule has 0 atom stereocenters. The molecule has 0 bridgehead atoms. The zero-order valence-electron chi connectivity index (χ0n) is 7.73. The minimum absolute atomic E-state index is 0.911. The molecule has 0 fully saturated rings. The fourth-order valence-electron chi connectivity index (χ4n) is 1.20. The van der Waals surface area contributed by atoms with Crippen molar-refractivity contribution in [1.82, 2.24) is 4.98 Å². The molecule has 2 nitrogen and oxygen atoms in total. The highest BCUT2D eigenvalue weighted by Crippen LogP contribution is 2.10. The van der Waals surface area contributed by atoms with Gasteiger partial charge in [0.05, 0.1) is 0 Å².